The monoisotopic (exact) mass is 316 g/mol. The zero-order valence-corrected chi connectivity index (χ0v) is 12.7. The van der Waals surface area contributed by atoms with Crippen LogP contribution in [0.1, 0.15) is 10.5 Å². The summed E-state index contributed by atoms with van der Waals surface area (Å²) in [6.45, 7) is 0.928. The molecule has 0 unspecified atom stereocenters. The molecule has 1 aliphatic heterocycles. The average molecular weight is 316 g/mol. The Kier molecular flexibility index (Phi) is 4.55. The van der Waals surface area contributed by atoms with Gasteiger partial charge in [0, 0.05) is 40.3 Å². The van der Waals surface area contributed by atoms with Gasteiger partial charge in [0.15, 0.2) is 0 Å². The van der Waals surface area contributed by atoms with Gasteiger partial charge in [-0.1, -0.05) is 6.07 Å². The summed E-state index contributed by atoms with van der Waals surface area (Å²) in [5.74, 6) is -1.11. The Balaban J connectivity index is 2.03. The van der Waals surface area contributed by atoms with Crippen molar-refractivity contribution in [2.75, 3.05) is 40.3 Å². The molecule has 0 N–H and O–H groups in total. The molecule has 2 heterocycles. The third kappa shape index (κ3) is 3.36. The molecule has 0 saturated carbocycles. The maximum atomic E-state index is 13.0. The number of nitrogens with zero attached hydrogens (tertiary/aromatic N) is 4. The molecule has 1 fully saturated rings. The SMILES string of the molecule is CN(C)S(=O)(=O)N1CCN(C(=O)c2cccc(F)n2)CC1. The van der Waals surface area contributed by atoms with Crippen LogP contribution in [0.15, 0.2) is 18.2 Å². The third-order valence-electron chi connectivity index (χ3n) is 3.25. The van der Waals surface area contributed by atoms with Crippen LogP contribution in [0, 0.1) is 5.95 Å². The summed E-state index contributed by atoms with van der Waals surface area (Å²) < 4.78 is 39.4. The summed E-state index contributed by atoms with van der Waals surface area (Å²) in [6, 6.07) is 4.02. The van der Waals surface area contributed by atoms with Crippen molar-refractivity contribution >= 4 is 16.1 Å². The van der Waals surface area contributed by atoms with Crippen molar-refractivity contribution in [1.29, 1.82) is 0 Å². The van der Waals surface area contributed by atoms with Gasteiger partial charge >= 0.3 is 0 Å². The Labute approximate surface area is 123 Å². The highest BCUT2D eigenvalue weighted by molar-refractivity contribution is 7.86. The molecule has 116 valence electrons. The highest BCUT2D eigenvalue weighted by atomic mass is 32.2. The maximum Gasteiger partial charge on any atom is 0.281 e. The van der Waals surface area contributed by atoms with E-state index in [4.69, 9.17) is 0 Å². The van der Waals surface area contributed by atoms with Crippen molar-refractivity contribution in [2.45, 2.75) is 0 Å². The van der Waals surface area contributed by atoms with Gasteiger partial charge in [-0.15, -0.1) is 0 Å². The Hall–Kier alpha value is -1.58. The Morgan fingerprint density at radius 1 is 1.24 bits per heavy atom. The van der Waals surface area contributed by atoms with Crippen molar-refractivity contribution in [3.8, 4) is 0 Å². The quantitative estimate of drug-likeness (QED) is 0.723. The number of carbonyl (C=O) groups is 1. The van der Waals surface area contributed by atoms with E-state index in [1.807, 2.05) is 0 Å². The third-order valence-corrected chi connectivity index (χ3v) is 5.19. The highest BCUT2D eigenvalue weighted by Crippen LogP contribution is 2.12. The minimum Gasteiger partial charge on any atom is -0.335 e. The molecule has 0 spiro atoms. The minimum atomic E-state index is -3.47. The predicted octanol–water partition coefficient (Wildman–Crippen LogP) is -0.215. The lowest BCUT2D eigenvalue weighted by molar-refractivity contribution is 0.0688. The van der Waals surface area contributed by atoms with E-state index < -0.39 is 22.1 Å². The zero-order chi connectivity index (χ0) is 15.6. The second-order valence-electron chi connectivity index (χ2n) is 4.83. The molecule has 0 aromatic carbocycles. The lowest BCUT2D eigenvalue weighted by atomic mass is 10.3. The normalized spacial score (nSPS) is 17.2. The van der Waals surface area contributed by atoms with Gasteiger partial charge in [-0.25, -0.2) is 4.98 Å². The van der Waals surface area contributed by atoms with E-state index in [0.717, 1.165) is 4.31 Å². The van der Waals surface area contributed by atoms with Crippen molar-refractivity contribution in [1.82, 2.24) is 18.5 Å². The molecule has 0 bridgehead atoms. The number of rotatable bonds is 3. The van der Waals surface area contributed by atoms with Crippen molar-refractivity contribution < 1.29 is 17.6 Å². The largest absolute Gasteiger partial charge is 0.335 e. The number of amides is 1. The van der Waals surface area contributed by atoms with Gasteiger partial charge in [0.1, 0.15) is 5.69 Å². The van der Waals surface area contributed by atoms with Gasteiger partial charge in [-0.05, 0) is 12.1 Å². The molecule has 21 heavy (non-hydrogen) atoms. The molecule has 1 aliphatic rings. The minimum absolute atomic E-state index is 0.0268. The lowest BCUT2D eigenvalue weighted by Gasteiger charge is -2.34. The Morgan fingerprint density at radius 2 is 1.86 bits per heavy atom. The van der Waals surface area contributed by atoms with Crippen LogP contribution in [-0.4, -0.2) is 73.1 Å². The molecule has 0 radical (unpaired) electrons. The number of halogens is 1. The van der Waals surface area contributed by atoms with Crippen LogP contribution in [0.4, 0.5) is 4.39 Å². The second-order valence-corrected chi connectivity index (χ2v) is 6.97. The molecule has 0 aliphatic carbocycles. The van der Waals surface area contributed by atoms with E-state index in [9.17, 15) is 17.6 Å². The fraction of sp³-hybridized carbons (Fsp3) is 0.500. The van der Waals surface area contributed by atoms with Crippen LogP contribution in [0.3, 0.4) is 0 Å². The molecular formula is C12H17FN4O3S. The summed E-state index contributed by atoms with van der Waals surface area (Å²) in [6.07, 6.45) is 0. The molecule has 1 amide bonds. The topological polar surface area (TPSA) is 73.8 Å². The van der Waals surface area contributed by atoms with E-state index in [-0.39, 0.29) is 31.9 Å². The zero-order valence-electron chi connectivity index (χ0n) is 11.9. The molecule has 1 saturated heterocycles. The van der Waals surface area contributed by atoms with E-state index >= 15 is 0 Å². The van der Waals surface area contributed by atoms with Crippen molar-refractivity contribution in [3.63, 3.8) is 0 Å². The summed E-state index contributed by atoms with van der Waals surface area (Å²) in [4.78, 5) is 17.2. The first-order valence-electron chi connectivity index (χ1n) is 6.42. The standard InChI is InChI=1S/C12H17FN4O3S/c1-15(2)21(19,20)17-8-6-16(7-9-17)12(18)10-4-3-5-11(13)14-10/h3-5H,6-9H2,1-2H3. The first-order chi connectivity index (χ1) is 9.82. The number of hydrogen-bond acceptors (Lipinski definition) is 4. The van der Waals surface area contributed by atoms with Crippen LogP contribution < -0.4 is 0 Å². The fourth-order valence-electron chi connectivity index (χ4n) is 2.04. The van der Waals surface area contributed by atoms with Crippen LogP contribution in [0.5, 0.6) is 0 Å². The van der Waals surface area contributed by atoms with Gasteiger partial charge in [0.2, 0.25) is 5.95 Å². The average Bonchev–Trinajstić information content (AvgIpc) is 2.46. The molecule has 1 aromatic heterocycles. The number of aromatic nitrogens is 1. The molecule has 2 rings (SSSR count). The summed E-state index contributed by atoms with van der Waals surface area (Å²) in [5.41, 5.74) is 0.0268. The van der Waals surface area contributed by atoms with E-state index in [2.05, 4.69) is 4.98 Å². The van der Waals surface area contributed by atoms with Gasteiger partial charge in [0.05, 0.1) is 0 Å². The molecule has 0 atom stereocenters. The van der Waals surface area contributed by atoms with E-state index in [1.54, 1.807) is 0 Å². The molecule has 7 nitrogen and oxygen atoms in total. The number of carbonyl (C=O) groups excluding carboxylic acids is 1. The molecule has 9 heteroatoms. The van der Waals surface area contributed by atoms with Crippen LogP contribution in [0.2, 0.25) is 0 Å². The summed E-state index contributed by atoms with van der Waals surface area (Å²) in [7, 11) is -0.544. The Bertz CT molecular complexity index is 627. The van der Waals surface area contributed by atoms with Crippen LogP contribution in [-0.2, 0) is 10.2 Å². The molecule has 1 aromatic rings. The van der Waals surface area contributed by atoms with Crippen molar-refractivity contribution in [3.05, 3.63) is 29.8 Å². The lowest BCUT2D eigenvalue weighted by Crippen LogP contribution is -2.53. The summed E-state index contributed by atoms with van der Waals surface area (Å²) >= 11 is 0. The number of pyridine rings is 1. The second kappa shape index (κ2) is 6.04. The van der Waals surface area contributed by atoms with Gasteiger partial charge < -0.3 is 4.90 Å². The highest BCUT2D eigenvalue weighted by Gasteiger charge is 2.30. The first-order valence-corrected chi connectivity index (χ1v) is 7.81. The van der Waals surface area contributed by atoms with Gasteiger partial charge in [-0.3, -0.25) is 4.79 Å². The fourth-order valence-corrected chi connectivity index (χ4v) is 3.13. The number of piperazine rings is 1. The number of hydrogen-bond donors (Lipinski definition) is 0. The van der Waals surface area contributed by atoms with E-state index in [1.165, 1.54) is 41.5 Å². The summed E-state index contributed by atoms with van der Waals surface area (Å²) in [5, 5.41) is 0. The van der Waals surface area contributed by atoms with Crippen LogP contribution in [0.25, 0.3) is 0 Å². The van der Waals surface area contributed by atoms with Gasteiger partial charge in [0.25, 0.3) is 16.1 Å². The van der Waals surface area contributed by atoms with Crippen LogP contribution >= 0.6 is 0 Å². The van der Waals surface area contributed by atoms with Crippen molar-refractivity contribution in [2.24, 2.45) is 0 Å². The van der Waals surface area contributed by atoms with Gasteiger partial charge in [-0.2, -0.15) is 21.4 Å². The predicted molar refractivity (Wildman–Crippen MR) is 74.3 cm³/mol. The Morgan fingerprint density at radius 3 is 2.38 bits per heavy atom. The maximum absolute atomic E-state index is 13.0. The first kappa shape index (κ1) is 15.8. The smallest absolute Gasteiger partial charge is 0.281 e. The van der Waals surface area contributed by atoms with E-state index in [0.29, 0.717) is 0 Å². The molecular weight excluding hydrogens is 299 g/mol.